The topological polar surface area (TPSA) is 20.2 Å². The van der Waals surface area contributed by atoms with Crippen LogP contribution >= 0.6 is 0 Å². The first-order valence-corrected chi connectivity index (χ1v) is 8.98. The van der Waals surface area contributed by atoms with Crippen LogP contribution in [0.4, 0.5) is 0 Å². The maximum atomic E-state index is 11.1. The van der Waals surface area contributed by atoms with Gasteiger partial charge in [0.25, 0.3) is 0 Å². The lowest BCUT2D eigenvalue weighted by Gasteiger charge is -2.61. The molecule has 2 saturated carbocycles. The van der Waals surface area contributed by atoms with E-state index in [1.807, 2.05) is 0 Å². The minimum atomic E-state index is -0.487. The molecule has 0 aromatic carbocycles. The molecule has 2 fully saturated rings. The minimum Gasteiger partial charge on any atom is -0.390 e. The molecule has 2 aliphatic rings. The Morgan fingerprint density at radius 3 is 2.48 bits per heavy atom. The molecule has 0 bridgehead atoms. The van der Waals surface area contributed by atoms with E-state index in [1.54, 1.807) is 0 Å². The standard InChI is InChI=1S/C20H36O/c1-7-15(2)9-10-17-19(5)13-8-12-18(3,4)16(19)11-14-20(17,6)21/h7,15-17,21H,1,8-14H2,2-6H3/t15-,16+,17-,19+,20+/m1/s1. The average molecular weight is 293 g/mol. The Bertz CT molecular complexity index is 381. The van der Waals surface area contributed by atoms with Crippen LogP contribution in [0.15, 0.2) is 12.7 Å². The van der Waals surface area contributed by atoms with Crippen molar-refractivity contribution in [3.05, 3.63) is 12.7 Å². The molecule has 1 heteroatoms. The van der Waals surface area contributed by atoms with Crippen LogP contribution < -0.4 is 0 Å². The van der Waals surface area contributed by atoms with Gasteiger partial charge in [-0.05, 0) is 74.0 Å². The lowest BCUT2D eigenvalue weighted by Crippen LogP contribution is -2.57. The summed E-state index contributed by atoms with van der Waals surface area (Å²) in [7, 11) is 0. The predicted molar refractivity (Wildman–Crippen MR) is 91.2 cm³/mol. The van der Waals surface area contributed by atoms with Gasteiger partial charge in [-0.3, -0.25) is 0 Å². The van der Waals surface area contributed by atoms with Crippen molar-refractivity contribution in [2.24, 2.45) is 28.6 Å². The molecule has 2 aliphatic carbocycles. The fraction of sp³-hybridized carbons (Fsp3) is 0.900. The Morgan fingerprint density at radius 1 is 1.19 bits per heavy atom. The maximum absolute atomic E-state index is 11.1. The van der Waals surface area contributed by atoms with Gasteiger partial charge >= 0.3 is 0 Å². The van der Waals surface area contributed by atoms with E-state index in [9.17, 15) is 5.11 Å². The number of hydrogen-bond acceptors (Lipinski definition) is 1. The maximum Gasteiger partial charge on any atom is 0.0653 e. The largest absolute Gasteiger partial charge is 0.390 e. The van der Waals surface area contributed by atoms with Crippen LogP contribution in [-0.2, 0) is 0 Å². The number of hydrogen-bond donors (Lipinski definition) is 1. The second-order valence-electron chi connectivity index (χ2n) is 9.14. The quantitative estimate of drug-likeness (QED) is 0.670. The van der Waals surface area contributed by atoms with Crippen molar-refractivity contribution in [3.63, 3.8) is 0 Å². The van der Waals surface area contributed by atoms with E-state index in [0.717, 1.165) is 25.2 Å². The summed E-state index contributed by atoms with van der Waals surface area (Å²) in [6.07, 6.45) is 10.5. The zero-order chi connectivity index (χ0) is 15.9. The van der Waals surface area contributed by atoms with Gasteiger partial charge in [-0.25, -0.2) is 0 Å². The van der Waals surface area contributed by atoms with E-state index in [0.29, 0.717) is 22.7 Å². The van der Waals surface area contributed by atoms with Gasteiger partial charge in [0.1, 0.15) is 0 Å². The van der Waals surface area contributed by atoms with Gasteiger partial charge in [0, 0.05) is 0 Å². The molecule has 5 atom stereocenters. The lowest BCUT2D eigenvalue weighted by atomic mass is 9.45. The summed E-state index contributed by atoms with van der Waals surface area (Å²) in [6, 6.07) is 0. The summed E-state index contributed by atoms with van der Waals surface area (Å²) in [5, 5.41) is 11.1. The van der Waals surface area contributed by atoms with Crippen molar-refractivity contribution in [3.8, 4) is 0 Å². The monoisotopic (exact) mass is 292 g/mol. The van der Waals surface area contributed by atoms with Crippen molar-refractivity contribution in [1.82, 2.24) is 0 Å². The molecule has 0 radical (unpaired) electrons. The third-order valence-electron chi connectivity index (χ3n) is 7.07. The first-order chi connectivity index (χ1) is 9.63. The Hall–Kier alpha value is -0.300. The highest BCUT2D eigenvalue weighted by atomic mass is 16.3. The molecular weight excluding hydrogens is 256 g/mol. The van der Waals surface area contributed by atoms with Gasteiger partial charge in [-0.1, -0.05) is 40.2 Å². The molecule has 0 unspecified atom stereocenters. The molecule has 0 aliphatic heterocycles. The lowest BCUT2D eigenvalue weighted by molar-refractivity contribution is -0.169. The van der Waals surface area contributed by atoms with E-state index in [4.69, 9.17) is 0 Å². The third-order valence-corrected chi connectivity index (χ3v) is 7.07. The van der Waals surface area contributed by atoms with Crippen LogP contribution in [0.5, 0.6) is 0 Å². The Kier molecular flexibility index (Phi) is 4.65. The van der Waals surface area contributed by atoms with Crippen LogP contribution in [0.1, 0.15) is 79.6 Å². The highest BCUT2D eigenvalue weighted by Gasteiger charge is 2.57. The molecule has 0 aromatic rings. The molecule has 1 N–H and O–H groups in total. The molecule has 2 rings (SSSR count). The summed E-state index contributed by atoms with van der Waals surface area (Å²) in [5.41, 5.74) is 0.260. The second-order valence-corrected chi connectivity index (χ2v) is 9.14. The van der Waals surface area contributed by atoms with Gasteiger partial charge < -0.3 is 5.11 Å². The third kappa shape index (κ3) is 3.09. The highest BCUT2D eigenvalue weighted by molar-refractivity contribution is 5.07. The minimum absolute atomic E-state index is 0.310. The van der Waals surface area contributed by atoms with Gasteiger partial charge in [0.05, 0.1) is 5.60 Å². The number of fused-ring (bicyclic) bond motifs is 1. The van der Waals surface area contributed by atoms with Gasteiger partial charge in [0.2, 0.25) is 0 Å². The molecule has 1 nitrogen and oxygen atoms in total. The summed E-state index contributed by atoms with van der Waals surface area (Å²) < 4.78 is 0. The van der Waals surface area contributed by atoms with Crippen LogP contribution in [0.25, 0.3) is 0 Å². The fourth-order valence-electron chi connectivity index (χ4n) is 5.81. The number of aliphatic hydroxyl groups is 1. The van der Waals surface area contributed by atoms with E-state index >= 15 is 0 Å². The molecule has 0 aromatic heterocycles. The van der Waals surface area contributed by atoms with Crippen molar-refractivity contribution >= 4 is 0 Å². The average Bonchev–Trinajstić information content (AvgIpc) is 2.35. The van der Waals surface area contributed by atoms with E-state index < -0.39 is 5.60 Å². The van der Waals surface area contributed by atoms with E-state index in [-0.39, 0.29) is 0 Å². The molecule has 0 heterocycles. The first-order valence-electron chi connectivity index (χ1n) is 8.98. The zero-order valence-corrected chi connectivity index (χ0v) is 14.9. The van der Waals surface area contributed by atoms with Crippen molar-refractivity contribution in [1.29, 1.82) is 0 Å². The molecule has 0 spiro atoms. The Morgan fingerprint density at radius 2 is 1.86 bits per heavy atom. The summed E-state index contributed by atoms with van der Waals surface area (Å²) >= 11 is 0. The van der Waals surface area contributed by atoms with Gasteiger partial charge in [0.15, 0.2) is 0 Å². The number of allylic oxidation sites excluding steroid dienone is 1. The van der Waals surface area contributed by atoms with Crippen LogP contribution in [0.2, 0.25) is 0 Å². The SMILES string of the molecule is C=C[C@@H](C)CC[C@@H]1[C@@]2(C)CCCC(C)(C)[C@@H]2CC[C@]1(C)O. The Balaban J connectivity index is 2.26. The zero-order valence-electron chi connectivity index (χ0n) is 14.9. The predicted octanol–water partition coefficient (Wildman–Crippen LogP) is 5.58. The van der Waals surface area contributed by atoms with Gasteiger partial charge in [-0.2, -0.15) is 0 Å². The van der Waals surface area contributed by atoms with Crippen molar-refractivity contribution in [2.75, 3.05) is 0 Å². The first kappa shape index (κ1) is 17.1. The molecule has 0 amide bonds. The van der Waals surface area contributed by atoms with Crippen molar-refractivity contribution in [2.45, 2.75) is 85.2 Å². The molecule has 21 heavy (non-hydrogen) atoms. The molecule has 0 saturated heterocycles. The smallest absolute Gasteiger partial charge is 0.0653 e. The van der Waals surface area contributed by atoms with Gasteiger partial charge in [-0.15, -0.1) is 6.58 Å². The Labute approximate surface area is 132 Å². The summed E-state index contributed by atoms with van der Waals surface area (Å²) in [6.45, 7) is 15.7. The van der Waals surface area contributed by atoms with Crippen LogP contribution in [0.3, 0.4) is 0 Å². The number of rotatable bonds is 4. The summed E-state index contributed by atoms with van der Waals surface area (Å²) in [5.74, 6) is 1.76. The normalized spacial score (nSPS) is 43.9. The molecular formula is C20H36O. The summed E-state index contributed by atoms with van der Waals surface area (Å²) in [4.78, 5) is 0. The van der Waals surface area contributed by atoms with Crippen LogP contribution in [-0.4, -0.2) is 10.7 Å². The van der Waals surface area contributed by atoms with E-state index in [1.165, 1.54) is 25.7 Å². The fourth-order valence-corrected chi connectivity index (χ4v) is 5.81. The van der Waals surface area contributed by atoms with Crippen LogP contribution in [0, 0.1) is 28.6 Å². The van der Waals surface area contributed by atoms with E-state index in [2.05, 4.69) is 47.3 Å². The molecule has 122 valence electrons. The second kappa shape index (κ2) is 5.72. The van der Waals surface area contributed by atoms with Crippen molar-refractivity contribution < 1.29 is 5.11 Å². The highest BCUT2D eigenvalue weighted by Crippen LogP contribution is 2.62.